The number of nitrogens with zero attached hydrogens (tertiary/aromatic N) is 3. The highest BCUT2D eigenvalue weighted by atomic mass is 19.1. The number of carbonyl (C=O) groups is 1. The monoisotopic (exact) mass is 419 g/mol. The fourth-order valence-corrected chi connectivity index (χ4v) is 2.91. The van der Waals surface area contributed by atoms with E-state index >= 15 is 0 Å². The van der Waals surface area contributed by atoms with Gasteiger partial charge in [-0.1, -0.05) is 23.4 Å². The van der Waals surface area contributed by atoms with Crippen molar-refractivity contribution in [1.82, 2.24) is 15.1 Å². The zero-order valence-electron chi connectivity index (χ0n) is 16.6. The Bertz CT molecular complexity index is 1160. The standard InChI is InChI=1S/C23H18FN3O4/c1-15-26-21(27-31-15)14-29-19-10-8-16(9-11-19)23(28)30-22(20-7-2-3-12-25-20)17-5-4-6-18(24)13-17/h2-13,22H,14H2,1H3. The molecule has 0 saturated heterocycles. The molecule has 4 aromatic rings. The molecule has 2 heterocycles. The summed E-state index contributed by atoms with van der Waals surface area (Å²) in [4.78, 5) is 21.1. The van der Waals surface area contributed by atoms with Gasteiger partial charge in [0.1, 0.15) is 11.6 Å². The van der Waals surface area contributed by atoms with Crippen LogP contribution in [0.4, 0.5) is 4.39 Å². The first-order chi connectivity index (χ1) is 15.1. The van der Waals surface area contributed by atoms with Crippen LogP contribution in [0.25, 0.3) is 0 Å². The minimum absolute atomic E-state index is 0.141. The molecule has 0 saturated carbocycles. The number of esters is 1. The molecule has 0 spiro atoms. The second kappa shape index (κ2) is 9.17. The predicted molar refractivity (Wildman–Crippen MR) is 108 cm³/mol. The summed E-state index contributed by atoms with van der Waals surface area (Å²) in [5.41, 5.74) is 1.30. The lowest BCUT2D eigenvalue weighted by atomic mass is 10.1. The summed E-state index contributed by atoms with van der Waals surface area (Å²) < 4.78 is 29.9. The molecule has 0 aliphatic carbocycles. The first kappa shape index (κ1) is 20.2. The van der Waals surface area contributed by atoms with Crippen LogP contribution in [0.5, 0.6) is 5.75 Å². The Hall–Kier alpha value is -4.07. The predicted octanol–water partition coefficient (Wildman–Crippen LogP) is 4.44. The van der Waals surface area contributed by atoms with Crippen molar-refractivity contribution in [1.29, 1.82) is 0 Å². The Morgan fingerprint density at radius 2 is 1.94 bits per heavy atom. The number of hydrogen-bond acceptors (Lipinski definition) is 7. The first-order valence-corrected chi connectivity index (χ1v) is 9.48. The number of hydrogen-bond donors (Lipinski definition) is 0. The number of pyridine rings is 1. The van der Waals surface area contributed by atoms with E-state index in [0.717, 1.165) is 0 Å². The highest BCUT2D eigenvalue weighted by Crippen LogP contribution is 2.26. The normalized spacial score (nSPS) is 11.7. The van der Waals surface area contributed by atoms with Crippen molar-refractivity contribution >= 4 is 5.97 Å². The summed E-state index contributed by atoms with van der Waals surface area (Å²) in [5, 5.41) is 3.76. The van der Waals surface area contributed by atoms with Crippen LogP contribution in [-0.4, -0.2) is 21.1 Å². The van der Waals surface area contributed by atoms with Gasteiger partial charge in [0.05, 0.1) is 11.3 Å². The van der Waals surface area contributed by atoms with E-state index in [4.69, 9.17) is 14.0 Å². The van der Waals surface area contributed by atoms with Gasteiger partial charge in [0.15, 0.2) is 12.7 Å². The van der Waals surface area contributed by atoms with Crippen molar-refractivity contribution in [3.8, 4) is 5.75 Å². The highest BCUT2D eigenvalue weighted by Gasteiger charge is 2.22. The molecular weight excluding hydrogens is 401 g/mol. The Balaban J connectivity index is 1.48. The van der Waals surface area contributed by atoms with E-state index in [-0.39, 0.29) is 6.61 Å². The van der Waals surface area contributed by atoms with Crippen molar-refractivity contribution in [2.45, 2.75) is 19.6 Å². The Kier molecular flexibility index (Phi) is 5.98. The number of rotatable bonds is 7. The molecule has 0 aliphatic heterocycles. The van der Waals surface area contributed by atoms with Gasteiger partial charge in [0, 0.05) is 18.7 Å². The molecule has 7 nitrogen and oxygen atoms in total. The third kappa shape index (κ3) is 5.11. The molecule has 4 rings (SSSR count). The minimum Gasteiger partial charge on any atom is -0.485 e. The fraction of sp³-hybridized carbons (Fsp3) is 0.130. The van der Waals surface area contributed by atoms with Gasteiger partial charge in [-0.05, 0) is 48.5 Å². The van der Waals surface area contributed by atoms with E-state index in [1.165, 1.54) is 12.1 Å². The van der Waals surface area contributed by atoms with Gasteiger partial charge in [-0.25, -0.2) is 9.18 Å². The summed E-state index contributed by atoms with van der Waals surface area (Å²) in [5.74, 6) is 0.421. The Morgan fingerprint density at radius 3 is 2.61 bits per heavy atom. The largest absolute Gasteiger partial charge is 0.485 e. The topological polar surface area (TPSA) is 87.3 Å². The van der Waals surface area contributed by atoms with Crippen LogP contribution < -0.4 is 4.74 Å². The second-order valence-electron chi connectivity index (χ2n) is 6.64. The molecule has 2 aromatic heterocycles. The second-order valence-corrected chi connectivity index (χ2v) is 6.64. The minimum atomic E-state index is -0.846. The molecule has 1 atom stereocenters. The molecule has 0 aliphatic rings. The molecule has 2 aromatic carbocycles. The average molecular weight is 419 g/mol. The quantitative estimate of drug-likeness (QED) is 0.409. The van der Waals surface area contributed by atoms with E-state index in [9.17, 15) is 9.18 Å². The molecule has 156 valence electrons. The zero-order chi connectivity index (χ0) is 21.6. The molecule has 8 heteroatoms. The van der Waals surface area contributed by atoms with Crippen LogP contribution >= 0.6 is 0 Å². The maximum Gasteiger partial charge on any atom is 0.339 e. The van der Waals surface area contributed by atoms with Crippen LogP contribution in [0.3, 0.4) is 0 Å². The molecular formula is C23H18FN3O4. The molecule has 0 fully saturated rings. The number of ether oxygens (including phenoxy) is 2. The maximum atomic E-state index is 13.8. The summed E-state index contributed by atoms with van der Waals surface area (Å²) in [6.45, 7) is 1.83. The summed E-state index contributed by atoms with van der Waals surface area (Å²) in [6, 6.07) is 17.6. The molecule has 0 amide bonds. The third-order valence-electron chi connectivity index (χ3n) is 4.36. The molecule has 1 unspecified atom stereocenters. The molecule has 0 bridgehead atoms. The Morgan fingerprint density at radius 1 is 1.10 bits per heavy atom. The number of aryl methyl sites for hydroxylation is 1. The first-order valence-electron chi connectivity index (χ1n) is 9.48. The molecule has 31 heavy (non-hydrogen) atoms. The van der Waals surface area contributed by atoms with Crippen molar-refractivity contribution in [3.05, 3.63) is 107 Å². The van der Waals surface area contributed by atoms with E-state index in [1.807, 2.05) is 0 Å². The number of aromatic nitrogens is 3. The lowest BCUT2D eigenvalue weighted by molar-refractivity contribution is 0.0370. The smallest absolute Gasteiger partial charge is 0.339 e. The molecule has 0 radical (unpaired) electrons. The van der Waals surface area contributed by atoms with Crippen LogP contribution in [0.15, 0.2) is 77.4 Å². The number of carbonyl (C=O) groups excluding carboxylic acids is 1. The fourth-order valence-electron chi connectivity index (χ4n) is 2.91. The summed E-state index contributed by atoms with van der Waals surface area (Å²) in [6.07, 6.45) is 0.745. The van der Waals surface area contributed by atoms with E-state index < -0.39 is 17.9 Å². The molecule has 0 N–H and O–H groups in total. The van der Waals surface area contributed by atoms with Crippen molar-refractivity contribution in [2.24, 2.45) is 0 Å². The van der Waals surface area contributed by atoms with Crippen molar-refractivity contribution < 1.29 is 23.2 Å². The lowest BCUT2D eigenvalue weighted by Crippen LogP contribution is -2.14. The Labute approximate surface area is 177 Å². The van der Waals surface area contributed by atoms with Gasteiger partial charge in [0.2, 0.25) is 11.7 Å². The maximum absolute atomic E-state index is 13.8. The SMILES string of the molecule is Cc1nc(COc2ccc(C(=O)OC(c3cccc(F)c3)c3ccccn3)cc2)no1. The van der Waals surface area contributed by atoms with Gasteiger partial charge in [-0.15, -0.1) is 0 Å². The van der Waals surface area contributed by atoms with Crippen LogP contribution in [0, 0.1) is 12.7 Å². The van der Waals surface area contributed by atoms with Gasteiger partial charge < -0.3 is 14.0 Å². The highest BCUT2D eigenvalue weighted by molar-refractivity contribution is 5.89. The van der Waals surface area contributed by atoms with Gasteiger partial charge in [0.25, 0.3) is 0 Å². The van der Waals surface area contributed by atoms with E-state index in [2.05, 4.69) is 15.1 Å². The van der Waals surface area contributed by atoms with Crippen molar-refractivity contribution in [3.63, 3.8) is 0 Å². The number of benzene rings is 2. The van der Waals surface area contributed by atoms with E-state index in [0.29, 0.717) is 34.3 Å². The van der Waals surface area contributed by atoms with Crippen LogP contribution in [0.2, 0.25) is 0 Å². The zero-order valence-corrected chi connectivity index (χ0v) is 16.6. The third-order valence-corrected chi connectivity index (χ3v) is 4.36. The summed E-state index contributed by atoms with van der Waals surface area (Å²) >= 11 is 0. The van der Waals surface area contributed by atoms with Gasteiger partial charge in [-0.2, -0.15) is 4.98 Å². The summed E-state index contributed by atoms with van der Waals surface area (Å²) in [7, 11) is 0. The lowest BCUT2D eigenvalue weighted by Gasteiger charge is -2.18. The average Bonchev–Trinajstić information content (AvgIpc) is 3.22. The van der Waals surface area contributed by atoms with Crippen LogP contribution in [-0.2, 0) is 11.3 Å². The van der Waals surface area contributed by atoms with Gasteiger partial charge in [-0.3, -0.25) is 4.98 Å². The number of halogens is 1. The van der Waals surface area contributed by atoms with Crippen LogP contribution in [0.1, 0.15) is 39.4 Å². The van der Waals surface area contributed by atoms with Crippen molar-refractivity contribution in [2.75, 3.05) is 0 Å². The van der Waals surface area contributed by atoms with E-state index in [1.54, 1.807) is 67.7 Å². The van der Waals surface area contributed by atoms with Gasteiger partial charge >= 0.3 is 5.97 Å².